The Labute approximate surface area is 193 Å². The largest absolute Gasteiger partial charge is 0.324 e. The highest BCUT2D eigenvalue weighted by molar-refractivity contribution is 9.10. The molecule has 0 heterocycles. The molecule has 2 aliphatic carbocycles. The molecule has 0 aliphatic heterocycles. The number of halogens is 1. The molecule has 0 aromatic heterocycles. The highest BCUT2D eigenvalue weighted by atomic mass is 79.9. The number of para-hydroxylation sites is 1. The SMILES string of the molecule is CC12CCC(C(=O)Nc3ccccc3Br)(C(=O)C1=NNc1ccc([N+](=O)[O-])cc1)C2(C)C. The number of hydrogen-bond acceptors (Lipinski definition) is 6. The van der Waals surface area contributed by atoms with Gasteiger partial charge in [0.1, 0.15) is 11.1 Å². The smallest absolute Gasteiger partial charge is 0.269 e. The standard InChI is InChI=1S/C23H23BrN4O4/c1-21(2)22(3)12-13-23(21,20(30)25-17-7-5-4-6-16(17)24)19(29)18(22)27-26-14-8-10-15(11-9-14)28(31)32/h4-11,26H,12-13H2,1-3H3,(H,25,30). The van der Waals surface area contributed by atoms with Crippen molar-refractivity contribution in [2.45, 2.75) is 33.6 Å². The molecule has 166 valence electrons. The van der Waals surface area contributed by atoms with Gasteiger partial charge in [-0.25, -0.2) is 0 Å². The summed E-state index contributed by atoms with van der Waals surface area (Å²) in [4.78, 5) is 37.6. The van der Waals surface area contributed by atoms with Crippen LogP contribution in [-0.2, 0) is 9.59 Å². The van der Waals surface area contributed by atoms with E-state index in [4.69, 9.17) is 0 Å². The van der Waals surface area contributed by atoms with Crippen LogP contribution < -0.4 is 10.7 Å². The van der Waals surface area contributed by atoms with Gasteiger partial charge < -0.3 is 5.32 Å². The fraction of sp³-hybridized carbons (Fsp3) is 0.348. The Kier molecular flexibility index (Phi) is 5.20. The quantitative estimate of drug-likeness (QED) is 0.335. The van der Waals surface area contributed by atoms with Gasteiger partial charge in [-0.15, -0.1) is 0 Å². The summed E-state index contributed by atoms with van der Waals surface area (Å²) >= 11 is 3.44. The molecule has 0 saturated heterocycles. The molecule has 0 spiro atoms. The van der Waals surface area contributed by atoms with Crippen molar-refractivity contribution in [3.05, 3.63) is 63.1 Å². The van der Waals surface area contributed by atoms with Gasteiger partial charge in [0.05, 0.1) is 16.3 Å². The van der Waals surface area contributed by atoms with E-state index in [0.29, 0.717) is 29.9 Å². The van der Waals surface area contributed by atoms with Crippen molar-refractivity contribution in [3.8, 4) is 0 Å². The molecule has 2 saturated carbocycles. The van der Waals surface area contributed by atoms with E-state index in [9.17, 15) is 19.7 Å². The van der Waals surface area contributed by atoms with Crippen LogP contribution >= 0.6 is 15.9 Å². The highest BCUT2D eigenvalue weighted by Crippen LogP contribution is 2.69. The van der Waals surface area contributed by atoms with E-state index < -0.39 is 21.2 Å². The van der Waals surface area contributed by atoms with Crippen molar-refractivity contribution in [1.82, 2.24) is 0 Å². The van der Waals surface area contributed by atoms with Gasteiger partial charge in [-0.3, -0.25) is 25.1 Å². The van der Waals surface area contributed by atoms with Crippen LogP contribution in [0.1, 0.15) is 33.6 Å². The van der Waals surface area contributed by atoms with Gasteiger partial charge >= 0.3 is 0 Å². The summed E-state index contributed by atoms with van der Waals surface area (Å²) in [6.07, 6.45) is 1.10. The molecule has 32 heavy (non-hydrogen) atoms. The molecule has 2 bridgehead atoms. The van der Waals surface area contributed by atoms with Crippen LogP contribution in [0.15, 0.2) is 58.1 Å². The number of nitrogens with one attached hydrogen (secondary N) is 2. The van der Waals surface area contributed by atoms with E-state index in [2.05, 4.69) is 31.8 Å². The zero-order valence-electron chi connectivity index (χ0n) is 17.9. The Bertz CT molecular complexity index is 1160. The minimum Gasteiger partial charge on any atom is -0.324 e. The molecule has 1 amide bonds. The van der Waals surface area contributed by atoms with E-state index in [1.807, 2.05) is 39.0 Å². The maximum atomic E-state index is 13.7. The van der Waals surface area contributed by atoms with Gasteiger partial charge in [-0.05, 0) is 58.5 Å². The van der Waals surface area contributed by atoms with Crippen LogP contribution in [0.3, 0.4) is 0 Å². The van der Waals surface area contributed by atoms with Gasteiger partial charge in [0, 0.05) is 22.0 Å². The van der Waals surface area contributed by atoms with Crippen LogP contribution in [0.4, 0.5) is 17.1 Å². The minimum atomic E-state index is -1.23. The van der Waals surface area contributed by atoms with Crippen LogP contribution in [0.5, 0.6) is 0 Å². The summed E-state index contributed by atoms with van der Waals surface area (Å²) in [7, 11) is 0. The van der Waals surface area contributed by atoms with E-state index in [0.717, 1.165) is 4.47 Å². The second-order valence-electron chi connectivity index (χ2n) is 9.00. The lowest BCUT2D eigenvalue weighted by Gasteiger charge is -2.37. The van der Waals surface area contributed by atoms with Gasteiger partial charge in [0.2, 0.25) is 5.91 Å². The molecule has 2 aromatic rings. The first-order valence-corrected chi connectivity index (χ1v) is 11.0. The van der Waals surface area contributed by atoms with Crippen molar-refractivity contribution in [3.63, 3.8) is 0 Å². The topological polar surface area (TPSA) is 114 Å². The Morgan fingerprint density at radius 3 is 2.38 bits per heavy atom. The number of carbonyl (C=O) groups excluding carboxylic acids is 2. The number of nitro groups is 1. The number of anilines is 2. The molecule has 0 radical (unpaired) electrons. The Hall–Kier alpha value is -3.07. The second kappa shape index (κ2) is 7.51. The van der Waals surface area contributed by atoms with E-state index in [1.165, 1.54) is 24.3 Å². The number of non-ortho nitro benzene ring substituents is 1. The van der Waals surface area contributed by atoms with Gasteiger partial charge in [0.25, 0.3) is 5.69 Å². The van der Waals surface area contributed by atoms with E-state index in [-0.39, 0.29) is 17.4 Å². The summed E-state index contributed by atoms with van der Waals surface area (Å²) < 4.78 is 0.738. The van der Waals surface area contributed by atoms with Crippen LogP contribution in [0.2, 0.25) is 0 Å². The first-order chi connectivity index (χ1) is 15.0. The number of nitro benzene ring substituents is 1. The number of carbonyl (C=O) groups is 2. The number of benzene rings is 2. The predicted molar refractivity (Wildman–Crippen MR) is 125 cm³/mol. The maximum Gasteiger partial charge on any atom is 0.269 e. The number of amides is 1. The number of fused-ring (bicyclic) bond motifs is 2. The molecule has 2 aromatic carbocycles. The summed E-state index contributed by atoms with van der Waals surface area (Å²) in [5, 5.41) is 18.2. The lowest BCUT2D eigenvalue weighted by Crippen LogP contribution is -2.47. The maximum absolute atomic E-state index is 13.7. The lowest BCUT2D eigenvalue weighted by molar-refractivity contribution is -0.384. The first kappa shape index (κ1) is 22.1. The van der Waals surface area contributed by atoms with Crippen molar-refractivity contribution in [2.75, 3.05) is 10.7 Å². The third kappa shape index (κ3) is 2.98. The Balaban J connectivity index is 1.66. The molecule has 2 aliphatic rings. The monoisotopic (exact) mass is 498 g/mol. The van der Waals surface area contributed by atoms with Crippen molar-refractivity contribution in [1.29, 1.82) is 0 Å². The van der Waals surface area contributed by atoms with E-state index >= 15 is 0 Å². The third-order valence-electron chi connectivity index (χ3n) is 7.46. The van der Waals surface area contributed by atoms with Crippen molar-refractivity contribution in [2.24, 2.45) is 21.3 Å². The number of Topliss-reactive ketones (excluding diaryl/α,β-unsaturated/α-hetero) is 1. The van der Waals surface area contributed by atoms with Crippen LogP contribution in [0, 0.1) is 26.4 Å². The molecule has 2 fully saturated rings. The number of hydrazone groups is 1. The molecule has 8 nitrogen and oxygen atoms in total. The first-order valence-electron chi connectivity index (χ1n) is 10.2. The van der Waals surface area contributed by atoms with Crippen molar-refractivity contribution >= 4 is 50.4 Å². The minimum absolute atomic E-state index is 0.0324. The predicted octanol–water partition coefficient (Wildman–Crippen LogP) is 5.16. The zero-order valence-corrected chi connectivity index (χ0v) is 19.5. The van der Waals surface area contributed by atoms with E-state index in [1.54, 1.807) is 6.07 Å². The van der Waals surface area contributed by atoms with Gasteiger partial charge in [-0.2, -0.15) is 5.10 Å². The summed E-state index contributed by atoms with van der Waals surface area (Å²) in [6, 6.07) is 13.1. The van der Waals surface area contributed by atoms with Crippen LogP contribution in [-0.4, -0.2) is 22.3 Å². The second-order valence-corrected chi connectivity index (χ2v) is 9.86. The molecule has 2 N–H and O–H groups in total. The van der Waals surface area contributed by atoms with Gasteiger partial charge in [0.15, 0.2) is 5.78 Å². The fourth-order valence-corrected chi connectivity index (χ4v) is 5.43. The lowest BCUT2D eigenvalue weighted by atomic mass is 9.64. The van der Waals surface area contributed by atoms with Crippen molar-refractivity contribution < 1.29 is 14.5 Å². The third-order valence-corrected chi connectivity index (χ3v) is 8.15. The van der Waals surface area contributed by atoms with Crippen LogP contribution in [0.25, 0.3) is 0 Å². The number of nitrogens with zero attached hydrogens (tertiary/aromatic N) is 2. The molecule has 9 heteroatoms. The number of hydrogen-bond donors (Lipinski definition) is 2. The molecule has 2 unspecified atom stereocenters. The average Bonchev–Trinajstić information content (AvgIpc) is 3.03. The number of ketones is 1. The summed E-state index contributed by atoms with van der Waals surface area (Å²) in [6.45, 7) is 5.87. The molecule has 4 rings (SSSR count). The van der Waals surface area contributed by atoms with Gasteiger partial charge in [-0.1, -0.05) is 32.9 Å². The molecular weight excluding hydrogens is 476 g/mol. The Morgan fingerprint density at radius 1 is 1.09 bits per heavy atom. The Morgan fingerprint density at radius 2 is 1.75 bits per heavy atom. The molecular formula is C23H23BrN4O4. The zero-order chi connectivity index (χ0) is 23.3. The molecule has 2 atom stereocenters. The average molecular weight is 499 g/mol. The normalized spacial score (nSPS) is 26.9. The highest BCUT2D eigenvalue weighted by Gasteiger charge is 2.76. The number of rotatable bonds is 5. The fourth-order valence-electron chi connectivity index (χ4n) is 5.04. The summed E-state index contributed by atoms with van der Waals surface area (Å²) in [5.41, 5.74) is 1.80. The summed E-state index contributed by atoms with van der Waals surface area (Å²) in [5.74, 6) is -0.612.